The Bertz CT molecular complexity index is 1700. The number of rotatable bonds is 9. The van der Waals surface area contributed by atoms with Crippen molar-refractivity contribution in [3.05, 3.63) is 129 Å². The second kappa shape index (κ2) is 14.2. The maximum Gasteiger partial charge on any atom is 0.272 e. The van der Waals surface area contributed by atoms with E-state index in [2.05, 4.69) is 10.6 Å². The molecule has 0 saturated heterocycles. The molecule has 0 atom stereocenters. The number of carbonyl (C=O) groups is 3. The predicted octanol–water partition coefficient (Wildman–Crippen LogP) is 7.69. The van der Waals surface area contributed by atoms with Gasteiger partial charge in [-0.2, -0.15) is 0 Å². The minimum atomic E-state index is -1.72. The standard InChI is InChI=1S/C30H19Cl2F4N3O3S/c31-20-8-4-7-17(25(20)32)13-23(38-29(41)16-5-2-1-3-6-16)30(42)37-18-9-11-19(12-10-18)43-15-24(40)39-28-26(35)21(33)14-22(34)27(28)36/h1-14H,15H2,(H,37,42)(H,38,41)(H,39,40)/b23-13-. The van der Waals surface area contributed by atoms with E-state index in [1.54, 1.807) is 60.7 Å². The Kier molecular flexibility index (Phi) is 10.5. The largest absolute Gasteiger partial charge is 0.321 e. The molecule has 0 fully saturated rings. The number of nitrogens with one attached hydrogen (secondary N) is 3. The molecular formula is C30H19Cl2F4N3O3S. The molecule has 0 aliphatic carbocycles. The van der Waals surface area contributed by atoms with E-state index in [-0.39, 0.29) is 27.6 Å². The Balaban J connectivity index is 1.44. The van der Waals surface area contributed by atoms with Crippen LogP contribution >= 0.6 is 35.0 Å². The maximum absolute atomic E-state index is 13.8. The summed E-state index contributed by atoms with van der Waals surface area (Å²) in [5.74, 6) is -9.19. The van der Waals surface area contributed by atoms with Gasteiger partial charge in [0.25, 0.3) is 11.8 Å². The average molecular weight is 648 g/mol. The fourth-order valence-electron chi connectivity index (χ4n) is 3.57. The van der Waals surface area contributed by atoms with Gasteiger partial charge in [0, 0.05) is 22.2 Å². The highest BCUT2D eigenvalue weighted by atomic mass is 35.5. The average Bonchev–Trinajstić information content (AvgIpc) is 3.00. The number of carbonyl (C=O) groups excluding carboxylic acids is 3. The van der Waals surface area contributed by atoms with Crippen LogP contribution in [0, 0.1) is 23.3 Å². The Labute approximate surface area is 257 Å². The fraction of sp³-hybridized carbons (Fsp3) is 0.0333. The summed E-state index contributed by atoms with van der Waals surface area (Å²) in [5.41, 5.74) is -0.310. The van der Waals surface area contributed by atoms with E-state index < -0.39 is 46.7 Å². The van der Waals surface area contributed by atoms with Crippen LogP contribution in [-0.4, -0.2) is 23.5 Å². The zero-order valence-electron chi connectivity index (χ0n) is 21.7. The van der Waals surface area contributed by atoms with Gasteiger partial charge in [-0.3, -0.25) is 14.4 Å². The molecule has 3 amide bonds. The highest BCUT2D eigenvalue weighted by Gasteiger charge is 2.21. The molecule has 0 spiro atoms. The van der Waals surface area contributed by atoms with Crippen molar-refractivity contribution >= 4 is 70.1 Å². The first kappa shape index (κ1) is 31.6. The molecule has 4 aromatic carbocycles. The van der Waals surface area contributed by atoms with Crippen LogP contribution in [0.1, 0.15) is 15.9 Å². The van der Waals surface area contributed by atoms with Gasteiger partial charge in [0.1, 0.15) is 11.4 Å². The van der Waals surface area contributed by atoms with E-state index in [0.29, 0.717) is 21.7 Å². The Hall–Kier alpha value is -4.32. The van der Waals surface area contributed by atoms with Crippen molar-refractivity contribution < 1.29 is 31.9 Å². The normalized spacial score (nSPS) is 11.2. The number of halogens is 6. The second-order valence-corrected chi connectivity index (χ2v) is 10.5. The maximum atomic E-state index is 13.8. The molecule has 13 heteroatoms. The Morgan fingerprint density at radius 3 is 2.09 bits per heavy atom. The number of amides is 3. The second-order valence-electron chi connectivity index (χ2n) is 8.68. The first-order valence-corrected chi connectivity index (χ1v) is 14.0. The van der Waals surface area contributed by atoms with E-state index in [9.17, 15) is 31.9 Å². The smallest absolute Gasteiger partial charge is 0.272 e. The molecule has 6 nitrogen and oxygen atoms in total. The van der Waals surface area contributed by atoms with Crippen LogP contribution in [-0.2, 0) is 9.59 Å². The lowest BCUT2D eigenvalue weighted by Crippen LogP contribution is -2.30. The third-order valence-corrected chi connectivity index (χ3v) is 7.51. The number of benzene rings is 4. The summed E-state index contributed by atoms with van der Waals surface area (Å²) < 4.78 is 54.4. The lowest BCUT2D eigenvalue weighted by molar-refractivity contribution is -0.114. The summed E-state index contributed by atoms with van der Waals surface area (Å²) in [4.78, 5) is 38.7. The van der Waals surface area contributed by atoms with Gasteiger partial charge in [0.05, 0.1) is 15.8 Å². The Morgan fingerprint density at radius 2 is 1.44 bits per heavy atom. The zero-order chi connectivity index (χ0) is 31.1. The predicted molar refractivity (Wildman–Crippen MR) is 159 cm³/mol. The van der Waals surface area contributed by atoms with Gasteiger partial charge < -0.3 is 16.0 Å². The van der Waals surface area contributed by atoms with Crippen molar-refractivity contribution in [2.45, 2.75) is 4.90 Å². The van der Waals surface area contributed by atoms with E-state index in [4.69, 9.17) is 23.2 Å². The van der Waals surface area contributed by atoms with Crippen LogP contribution in [0.3, 0.4) is 0 Å². The molecule has 0 unspecified atom stereocenters. The van der Waals surface area contributed by atoms with Crippen molar-refractivity contribution in [1.82, 2.24) is 5.32 Å². The van der Waals surface area contributed by atoms with E-state index in [0.717, 1.165) is 11.8 Å². The zero-order valence-corrected chi connectivity index (χ0v) is 24.0. The van der Waals surface area contributed by atoms with Gasteiger partial charge in [0.2, 0.25) is 5.91 Å². The van der Waals surface area contributed by atoms with E-state index >= 15 is 0 Å². The molecule has 0 saturated carbocycles. The highest BCUT2D eigenvalue weighted by Crippen LogP contribution is 2.28. The van der Waals surface area contributed by atoms with Gasteiger partial charge in [0.15, 0.2) is 23.3 Å². The lowest BCUT2D eigenvalue weighted by atomic mass is 10.1. The Morgan fingerprint density at radius 1 is 0.791 bits per heavy atom. The monoisotopic (exact) mass is 647 g/mol. The molecule has 0 aliphatic rings. The van der Waals surface area contributed by atoms with Gasteiger partial charge in [-0.1, -0.05) is 53.5 Å². The molecule has 0 heterocycles. The number of hydrogen-bond acceptors (Lipinski definition) is 4. The van der Waals surface area contributed by atoms with Crippen LogP contribution in [0.25, 0.3) is 6.08 Å². The van der Waals surface area contributed by atoms with Crippen molar-refractivity contribution in [3.63, 3.8) is 0 Å². The highest BCUT2D eigenvalue weighted by molar-refractivity contribution is 8.00. The number of thioether (sulfide) groups is 1. The third kappa shape index (κ3) is 8.16. The van der Waals surface area contributed by atoms with E-state index in [1.165, 1.54) is 18.2 Å². The van der Waals surface area contributed by atoms with Gasteiger partial charge in [-0.25, -0.2) is 17.6 Å². The fourth-order valence-corrected chi connectivity index (χ4v) is 4.63. The number of anilines is 2. The van der Waals surface area contributed by atoms with Crippen LogP contribution in [0.15, 0.2) is 89.5 Å². The minimum Gasteiger partial charge on any atom is -0.321 e. The molecular weight excluding hydrogens is 629 g/mol. The van der Waals surface area contributed by atoms with Crippen molar-refractivity contribution in [3.8, 4) is 0 Å². The van der Waals surface area contributed by atoms with Crippen molar-refractivity contribution in [2.75, 3.05) is 16.4 Å². The van der Waals surface area contributed by atoms with Crippen LogP contribution in [0.4, 0.5) is 28.9 Å². The molecule has 4 aromatic rings. The van der Waals surface area contributed by atoms with Gasteiger partial charge >= 0.3 is 0 Å². The molecule has 3 N–H and O–H groups in total. The minimum absolute atomic E-state index is 0.0395. The quantitative estimate of drug-likeness (QED) is 0.0752. The lowest BCUT2D eigenvalue weighted by Gasteiger charge is -2.12. The SMILES string of the molecule is O=C(CSc1ccc(NC(=O)/C(=C/c2cccc(Cl)c2Cl)NC(=O)c2ccccc2)cc1)Nc1c(F)c(F)cc(F)c1F. The van der Waals surface area contributed by atoms with Crippen molar-refractivity contribution in [2.24, 2.45) is 0 Å². The van der Waals surface area contributed by atoms with Crippen LogP contribution in [0.5, 0.6) is 0 Å². The van der Waals surface area contributed by atoms with Gasteiger partial charge in [-0.05, 0) is 54.1 Å². The third-order valence-electron chi connectivity index (χ3n) is 5.67. The first-order chi connectivity index (χ1) is 20.5. The molecule has 0 aromatic heterocycles. The summed E-state index contributed by atoms with van der Waals surface area (Å²) >= 11 is 13.3. The molecule has 220 valence electrons. The summed E-state index contributed by atoms with van der Waals surface area (Å²) in [6.45, 7) is 0. The topological polar surface area (TPSA) is 87.3 Å². The molecule has 43 heavy (non-hydrogen) atoms. The molecule has 0 bridgehead atoms. The van der Waals surface area contributed by atoms with Crippen molar-refractivity contribution in [1.29, 1.82) is 0 Å². The molecule has 0 radical (unpaired) electrons. The summed E-state index contributed by atoms with van der Waals surface area (Å²) in [6.07, 6.45) is 1.38. The van der Waals surface area contributed by atoms with E-state index in [1.807, 2.05) is 5.32 Å². The van der Waals surface area contributed by atoms with Gasteiger partial charge in [-0.15, -0.1) is 11.8 Å². The number of hydrogen-bond donors (Lipinski definition) is 3. The summed E-state index contributed by atoms with van der Waals surface area (Å²) in [7, 11) is 0. The summed E-state index contributed by atoms with van der Waals surface area (Å²) in [5, 5.41) is 7.51. The molecule has 4 rings (SSSR count). The molecule has 0 aliphatic heterocycles. The first-order valence-electron chi connectivity index (χ1n) is 12.2. The van der Waals surface area contributed by atoms with Crippen LogP contribution in [0.2, 0.25) is 10.0 Å². The summed E-state index contributed by atoms with van der Waals surface area (Å²) in [6, 6.07) is 19.3. The van der Waals surface area contributed by atoms with Crippen LogP contribution < -0.4 is 16.0 Å².